The van der Waals surface area contributed by atoms with E-state index in [1.165, 1.54) is 0 Å². The van der Waals surface area contributed by atoms with E-state index >= 15 is 0 Å². The Morgan fingerprint density at radius 1 is 1.03 bits per heavy atom. The molecule has 0 unspecified atom stereocenters. The van der Waals surface area contributed by atoms with Crippen LogP contribution in [0.3, 0.4) is 0 Å². The van der Waals surface area contributed by atoms with Crippen molar-refractivity contribution in [3.63, 3.8) is 0 Å². The SMILES string of the molecule is C=C(CC(C)C)Nc1cncc(-c2cnc3n[nH]c(-c4cc5c(-c6ccsc6)nccc5[nH]4)c3c2)c1. The average molecular weight is 492 g/mol. The summed E-state index contributed by atoms with van der Waals surface area (Å²) < 4.78 is 0. The maximum atomic E-state index is 4.63. The van der Waals surface area contributed by atoms with E-state index in [1.807, 2.05) is 30.9 Å². The van der Waals surface area contributed by atoms with Crippen LogP contribution in [0.25, 0.3) is 55.7 Å². The molecule has 6 aromatic heterocycles. The number of aromatic nitrogens is 6. The molecule has 0 saturated heterocycles. The molecule has 6 rings (SSSR count). The summed E-state index contributed by atoms with van der Waals surface area (Å²) in [5.74, 6) is 0.536. The quantitative estimate of drug-likeness (QED) is 0.218. The van der Waals surface area contributed by atoms with E-state index in [2.05, 4.69) is 90.9 Å². The van der Waals surface area contributed by atoms with E-state index in [-0.39, 0.29) is 0 Å². The van der Waals surface area contributed by atoms with Gasteiger partial charge >= 0.3 is 0 Å². The summed E-state index contributed by atoms with van der Waals surface area (Å²) in [6.07, 6.45) is 8.24. The van der Waals surface area contributed by atoms with Gasteiger partial charge in [-0.3, -0.25) is 15.1 Å². The van der Waals surface area contributed by atoms with Crippen LogP contribution in [0, 0.1) is 5.92 Å². The lowest BCUT2D eigenvalue weighted by molar-refractivity contribution is 0.645. The van der Waals surface area contributed by atoms with Crippen LogP contribution < -0.4 is 5.32 Å². The Morgan fingerprint density at radius 2 is 1.92 bits per heavy atom. The molecule has 0 aliphatic heterocycles. The number of H-pyrrole nitrogens is 2. The van der Waals surface area contributed by atoms with Crippen molar-refractivity contribution in [2.75, 3.05) is 5.32 Å². The topological polar surface area (TPSA) is 95.2 Å². The number of anilines is 1. The van der Waals surface area contributed by atoms with Gasteiger partial charge in [0.05, 0.1) is 29.0 Å². The molecule has 3 N–H and O–H groups in total. The van der Waals surface area contributed by atoms with Gasteiger partial charge in [-0.2, -0.15) is 16.4 Å². The second kappa shape index (κ2) is 9.05. The average Bonchev–Trinajstić information content (AvgIpc) is 3.62. The molecule has 0 aliphatic rings. The maximum absolute atomic E-state index is 4.63. The van der Waals surface area contributed by atoms with Crippen LogP contribution in [0.2, 0.25) is 0 Å². The van der Waals surface area contributed by atoms with Gasteiger partial charge in [-0.25, -0.2) is 4.98 Å². The van der Waals surface area contributed by atoms with Gasteiger partial charge in [0.25, 0.3) is 0 Å². The van der Waals surface area contributed by atoms with Gasteiger partial charge < -0.3 is 10.3 Å². The zero-order valence-electron chi connectivity index (χ0n) is 20.0. The van der Waals surface area contributed by atoms with Gasteiger partial charge in [-0.05, 0) is 48.1 Å². The number of pyridine rings is 3. The minimum Gasteiger partial charge on any atom is -0.358 e. The van der Waals surface area contributed by atoms with Crippen LogP contribution in [0.15, 0.2) is 78.2 Å². The molecule has 0 bridgehead atoms. The molecule has 36 heavy (non-hydrogen) atoms. The minimum absolute atomic E-state index is 0.536. The van der Waals surface area contributed by atoms with E-state index in [4.69, 9.17) is 0 Å². The highest BCUT2D eigenvalue weighted by molar-refractivity contribution is 7.08. The Bertz CT molecular complexity index is 1690. The fraction of sp³-hybridized carbons (Fsp3) is 0.143. The van der Waals surface area contributed by atoms with Crippen LogP contribution in [0.4, 0.5) is 5.69 Å². The van der Waals surface area contributed by atoms with Crippen molar-refractivity contribution in [2.24, 2.45) is 5.92 Å². The van der Waals surface area contributed by atoms with Gasteiger partial charge in [0.2, 0.25) is 0 Å². The highest BCUT2D eigenvalue weighted by atomic mass is 32.1. The first-order valence-corrected chi connectivity index (χ1v) is 12.7. The van der Waals surface area contributed by atoms with E-state index in [1.54, 1.807) is 11.3 Å². The molecule has 6 heterocycles. The number of aromatic amines is 2. The van der Waals surface area contributed by atoms with Crippen LogP contribution in [-0.4, -0.2) is 30.1 Å². The number of hydrogen-bond acceptors (Lipinski definition) is 6. The van der Waals surface area contributed by atoms with E-state index < -0.39 is 0 Å². The second-order valence-corrected chi connectivity index (χ2v) is 10.1. The summed E-state index contributed by atoms with van der Waals surface area (Å²) in [7, 11) is 0. The van der Waals surface area contributed by atoms with Crippen LogP contribution in [0.5, 0.6) is 0 Å². The third-order valence-electron chi connectivity index (χ3n) is 6.07. The lowest BCUT2D eigenvalue weighted by Gasteiger charge is -2.12. The van der Waals surface area contributed by atoms with Crippen molar-refractivity contribution in [1.29, 1.82) is 0 Å². The maximum Gasteiger partial charge on any atom is 0.181 e. The van der Waals surface area contributed by atoms with Gasteiger partial charge in [0.15, 0.2) is 5.65 Å². The molecular weight excluding hydrogens is 466 g/mol. The Labute approximate surface area is 212 Å². The molecule has 0 radical (unpaired) electrons. The lowest BCUT2D eigenvalue weighted by Crippen LogP contribution is -2.02. The number of nitrogens with zero attached hydrogens (tertiary/aromatic N) is 4. The number of thiophene rings is 1. The molecular formula is C28H25N7S. The molecule has 0 amide bonds. The summed E-state index contributed by atoms with van der Waals surface area (Å²) in [5.41, 5.74) is 9.43. The molecule has 0 saturated carbocycles. The Balaban J connectivity index is 1.38. The number of allylic oxidation sites excluding steroid dienone is 1. The van der Waals surface area contributed by atoms with Gasteiger partial charge in [0, 0.05) is 62.6 Å². The predicted octanol–water partition coefficient (Wildman–Crippen LogP) is 7.26. The normalized spacial score (nSPS) is 11.5. The Morgan fingerprint density at radius 3 is 2.75 bits per heavy atom. The molecule has 0 atom stereocenters. The monoisotopic (exact) mass is 491 g/mol. The molecule has 7 nitrogen and oxygen atoms in total. The van der Waals surface area contributed by atoms with Crippen molar-refractivity contribution < 1.29 is 0 Å². The Kier molecular flexibility index (Phi) is 5.58. The first-order chi connectivity index (χ1) is 17.5. The molecule has 178 valence electrons. The van der Waals surface area contributed by atoms with E-state index in [0.29, 0.717) is 11.6 Å². The van der Waals surface area contributed by atoms with Gasteiger partial charge in [-0.1, -0.05) is 20.4 Å². The highest BCUT2D eigenvalue weighted by Crippen LogP contribution is 2.34. The van der Waals surface area contributed by atoms with Crippen molar-refractivity contribution in [1.82, 2.24) is 30.1 Å². The lowest BCUT2D eigenvalue weighted by atomic mass is 10.1. The standard InChI is InChI=1S/C28H25N7S/c1-16(2)8-17(3)32-21-9-19(12-29-14-21)20-10-23-27(34-35-28(23)31-13-20)25-11-22-24(33-25)4-6-30-26(22)18-5-7-36-15-18/h4-7,9-16,32-33H,3,8H2,1-2H3,(H,31,34,35). The fourth-order valence-corrected chi connectivity index (χ4v) is 5.14. The smallest absolute Gasteiger partial charge is 0.181 e. The van der Waals surface area contributed by atoms with Crippen LogP contribution in [-0.2, 0) is 0 Å². The van der Waals surface area contributed by atoms with Crippen molar-refractivity contribution in [3.05, 3.63) is 78.2 Å². The van der Waals surface area contributed by atoms with E-state index in [0.717, 1.165) is 67.9 Å². The second-order valence-electron chi connectivity index (χ2n) is 9.30. The minimum atomic E-state index is 0.536. The summed E-state index contributed by atoms with van der Waals surface area (Å²) in [6.45, 7) is 8.50. The van der Waals surface area contributed by atoms with E-state index in [9.17, 15) is 0 Å². The molecule has 0 aromatic carbocycles. The summed E-state index contributed by atoms with van der Waals surface area (Å²) in [6, 6.07) is 10.4. The number of rotatable bonds is 7. The molecule has 0 fully saturated rings. The number of fused-ring (bicyclic) bond motifs is 2. The molecule has 6 aromatic rings. The van der Waals surface area contributed by atoms with Crippen molar-refractivity contribution in [2.45, 2.75) is 20.3 Å². The van der Waals surface area contributed by atoms with Crippen molar-refractivity contribution >= 4 is 39.0 Å². The zero-order valence-corrected chi connectivity index (χ0v) is 20.9. The largest absolute Gasteiger partial charge is 0.358 e. The molecule has 8 heteroatoms. The molecule has 0 aliphatic carbocycles. The third kappa shape index (κ3) is 4.16. The van der Waals surface area contributed by atoms with Crippen LogP contribution in [0.1, 0.15) is 20.3 Å². The third-order valence-corrected chi connectivity index (χ3v) is 6.75. The predicted molar refractivity (Wildman–Crippen MR) is 148 cm³/mol. The first-order valence-electron chi connectivity index (χ1n) is 11.8. The fourth-order valence-electron chi connectivity index (χ4n) is 4.49. The molecule has 0 spiro atoms. The first kappa shape index (κ1) is 22.2. The summed E-state index contributed by atoms with van der Waals surface area (Å²) >= 11 is 1.67. The zero-order chi connectivity index (χ0) is 24.6. The summed E-state index contributed by atoms with van der Waals surface area (Å²) in [5, 5.41) is 17.2. The van der Waals surface area contributed by atoms with Gasteiger partial charge in [0.1, 0.15) is 0 Å². The summed E-state index contributed by atoms with van der Waals surface area (Å²) in [4.78, 5) is 17.2. The number of hydrogen-bond donors (Lipinski definition) is 3. The number of nitrogens with one attached hydrogen (secondary N) is 3. The van der Waals surface area contributed by atoms with Crippen LogP contribution >= 0.6 is 11.3 Å². The van der Waals surface area contributed by atoms with Gasteiger partial charge in [-0.15, -0.1) is 0 Å². The highest BCUT2D eigenvalue weighted by Gasteiger charge is 2.15. The Hall–Kier alpha value is -4.30. The van der Waals surface area contributed by atoms with Crippen molar-refractivity contribution in [3.8, 4) is 33.8 Å².